The van der Waals surface area contributed by atoms with Crippen molar-refractivity contribution >= 4 is 18.0 Å². The van der Waals surface area contributed by atoms with Crippen LogP contribution < -0.4 is 10.6 Å². The van der Waals surface area contributed by atoms with Crippen LogP contribution >= 0.6 is 0 Å². The molecular formula is C20H32N2O6. The number of piperidine rings is 1. The Bertz CT molecular complexity index is 586. The Hall–Kier alpha value is -2.35. The number of amides is 1. The fourth-order valence-electron chi connectivity index (χ4n) is 3.43. The van der Waals surface area contributed by atoms with Crippen LogP contribution in [0.4, 0.5) is 4.79 Å². The van der Waals surface area contributed by atoms with Gasteiger partial charge in [0.05, 0.1) is 0 Å². The Labute approximate surface area is 166 Å². The quantitative estimate of drug-likeness (QED) is 0.368. The van der Waals surface area contributed by atoms with E-state index < -0.39 is 23.6 Å². The Balaban J connectivity index is 2.78. The molecule has 0 aromatic rings. The van der Waals surface area contributed by atoms with Gasteiger partial charge in [0.25, 0.3) is 0 Å². The summed E-state index contributed by atoms with van der Waals surface area (Å²) in [5, 5.41) is 6.17. The maximum Gasteiger partial charge on any atom is 0.408 e. The molecule has 1 rings (SSSR count). The van der Waals surface area contributed by atoms with E-state index in [4.69, 9.17) is 14.2 Å². The molecule has 8 nitrogen and oxygen atoms in total. The summed E-state index contributed by atoms with van der Waals surface area (Å²) in [5.74, 6) is -1.31. The first-order chi connectivity index (χ1) is 12.8. The minimum Gasteiger partial charge on any atom is -0.460 e. The van der Waals surface area contributed by atoms with Crippen molar-refractivity contribution in [2.75, 3.05) is 13.2 Å². The number of hydrogen-bond acceptors (Lipinski definition) is 7. The predicted molar refractivity (Wildman–Crippen MR) is 105 cm³/mol. The number of carbonyl (C=O) groups excluding carboxylic acids is 3. The molecule has 0 bridgehead atoms. The van der Waals surface area contributed by atoms with E-state index in [1.165, 1.54) is 0 Å². The highest BCUT2D eigenvalue weighted by Gasteiger charge is 2.40. The van der Waals surface area contributed by atoms with Crippen molar-refractivity contribution in [2.45, 2.75) is 70.2 Å². The number of nitrogens with one attached hydrogen (secondary N) is 2. The molecule has 0 aromatic carbocycles. The van der Waals surface area contributed by atoms with Gasteiger partial charge in [0.15, 0.2) is 0 Å². The van der Waals surface area contributed by atoms with Crippen LogP contribution in [0.2, 0.25) is 0 Å². The van der Waals surface area contributed by atoms with Crippen LogP contribution in [0.25, 0.3) is 0 Å². The molecule has 0 atom stereocenters. The number of esters is 2. The molecule has 1 amide bonds. The maximum atomic E-state index is 12.5. The van der Waals surface area contributed by atoms with E-state index in [1.807, 2.05) is 0 Å². The van der Waals surface area contributed by atoms with E-state index in [0.29, 0.717) is 12.8 Å². The average molecular weight is 396 g/mol. The minimum atomic E-state index is -1.17. The average Bonchev–Trinajstić information content (AvgIpc) is 2.54. The Morgan fingerprint density at radius 3 is 1.86 bits per heavy atom. The van der Waals surface area contributed by atoms with Crippen LogP contribution in [0.3, 0.4) is 0 Å². The second kappa shape index (κ2) is 9.23. The van der Waals surface area contributed by atoms with Crippen molar-refractivity contribution in [3.05, 3.63) is 25.3 Å². The lowest BCUT2D eigenvalue weighted by Crippen LogP contribution is -2.60. The highest BCUT2D eigenvalue weighted by atomic mass is 16.6. The highest BCUT2D eigenvalue weighted by Crippen LogP contribution is 2.30. The summed E-state index contributed by atoms with van der Waals surface area (Å²) in [5.41, 5.74) is -1.55. The van der Waals surface area contributed by atoms with Gasteiger partial charge in [-0.05, 0) is 34.6 Å². The predicted octanol–water partition coefficient (Wildman–Crippen LogP) is 2.24. The maximum absolute atomic E-state index is 12.5. The van der Waals surface area contributed by atoms with Gasteiger partial charge in [-0.1, -0.05) is 13.2 Å². The van der Waals surface area contributed by atoms with Gasteiger partial charge in [-0.25, -0.2) is 14.4 Å². The molecule has 158 valence electrons. The van der Waals surface area contributed by atoms with Gasteiger partial charge in [-0.2, -0.15) is 0 Å². The van der Waals surface area contributed by atoms with Crippen LogP contribution in [-0.2, 0) is 23.8 Å². The molecular weight excluding hydrogens is 364 g/mol. The summed E-state index contributed by atoms with van der Waals surface area (Å²) in [7, 11) is 0. The third kappa shape index (κ3) is 8.12. The van der Waals surface area contributed by atoms with Crippen LogP contribution in [0.15, 0.2) is 25.3 Å². The summed E-state index contributed by atoms with van der Waals surface area (Å²) in [6, 6.07) is 0. The Morgan fingerprint density at radius 2 is 1.46 bits per heavy atom. The second-order valence-electron chi connectivity index (χ2n) is 8.64. The molecule has 1 aliphatic rings. The number of alkyl carbamates (subject to hydrolysis) is 1. The van der Waals surface area contributed by atoms with Gasteiger partial charge in [0.1, 0.15) is 24.9 Å². The Kier molecular flexibility index (Phi) is 7.81. The Morgan fingerprint density at radius 1 is 1.04 bits per heavy atom. The zero-order chi connectivity index (χ0) is 21.6. The first kappa shape index (κ1) is 23.7. The number of carbonyl (C=O) groups is 3. The van der Waals surface area contributed by atoms with Crippen molar-refractivity contribution in [1.82, 2.24) is 10.6 Å². The van der Waals surface area contributed by atoms with Gasteiger partial charge in [0, 0.05) is 36.1 Å². The molecule has 1 aliphatic heterocycles. The summed E-state index contributed by atoms with van der Waals surface area (Å²) < 4.78 is 15.7. The SMILES string of the molecule is C=CC(=O)OCC(C)(COC(=O)C=C)NC(=O)OC1CC(C)(C)NC(C)(C)C1. The molecule has 1 fully saturated rings. The molecule has 2 N–H and O–H groups in total. The van der Waals surface area contributed by atoms with Gasteiger partial charge >= 0.3 is 18.0 Å². The van der Waals surface area contributed by atoms with E-state index in [1.54, 1.807) is 6.92 Å². The molecule has 1 heterocycles. The number of hydrogen-bond donors (Lipinski definition) is 2. The number of rotatable bonds is 8. The summed E-state index contributed by atoms with van der Waals surface area (Å²) in [4.78, 5) is 35.3. The molecule has 0 spiro atoms. The van der Waals surface area contributed by atoms with Crippen molar-refractivity contribution < 1.29 is 28.6 Å². The molecule has 0 aliphatic carbocycles. The molecule has 0 aromatic heterocycles. The third-order valence-electron chi connectivity index (χ3n) is 4.23. The topological polar surface area (TPSA) is 103 Å². The summed E-state index contributed by atoms with van der Waals surface area (Å²) >= 11 is 0. The lowest BCUT2D eigenvalue weighted by molar-refractivity contribution is -0.144. The van der Waals surface area contributed by atoms with E-state index in [0.717, 1.165) is 12.2 Å². The van der Waals surface area contributed by atoms with E-state index in [2.05, 4.69) is 51.5 Å². The zero-order valence-electron chi connectivity index (χ0n) is 17.4. The van der Waals surface area contributed by atoms with Crippen molar-refractivity contribution in [1.29, 1.82) is 0 Å². The van der Waals surface area contributed by atoms with E-state index in [-0.39, 0.29) is 30.4 Å². The molecule has 1 saturated heterocycles. The summed E-state index contributed by atoms with van der Waals surface area (Å²) in [6.45, 7) is 16.0. The standard InChI is InChI=1S/C20H32N2O6/c1-8-15(23)26-12-20(7,13-27-16(24)9-2)21-17(25)28-14-10-18(3,4)22-19(5,6)11-14/h8-9,14,22H,1-2,10-13H2,3-7H3,(H,21,25). The van der Waals surface area contributed by atoms with Crippen molar-refractivity contribution in [3.8, 4) is 0 Å². The monoisotopic (exact) mass is 396 g/mol. The summed E-state index contributed by atoms with van der Waals surface area (Å²) in [6.07, 6.45) is 2.35. The third-order valence-corrected chi connectivity index (χ3v) is 4.23. The van der Waals surface area contributed by atoms with Crippen LogP contribution in [0.5, 0.6) is 0 Å². The first-order valence-corrected chi connectivity index (χ1v) is 9.16. The van der Waals surface area contributed by atoms with Gasteiger partial charge in [-0.3, -0.25) is 0 Å². The normalized spacial score (nSPS) is 18.5. The lowest BCUT2D eigenvalue weighted by atomic mass is 9.81. The second-order valence-corrected chi connectivity index (χ2v) is 8.64. The fraction of sp³-hybridized carbons (Fsp3) is 0.650. The highest BCUT2D eigenvalue weighted by molar-refractivity contribution is 5.82. The van der Waals surface area contributed by atoms with Gasteiger partial charge in [0.2, 0.25) is 0 Å². The van der Waals surface area contributed by atoms with Crippen LogP contribution in [0, 0.1) is 0 Å². The van der Waals surface area contributed by atoms with Crippen LogP contribution in [-0.4, -0.2) is 54.0 Å². The van der Waals surface area contributed by atoms with E-state index >= 15 is 0 Å². The van der Waals surface area contributed by atoms with Crippen LogP contribution in [0.1, 0.15) is 47.5 Å². The van der Waals surface area contributed by atoms with Gasteiger partial charge in [-0.15, -0.1) is 0 Å². The van der Waals surface area contributed by atoms with Gasteiger partial charge < -0.3 is 24.8 Å². The smallest absolute Gasteiger partial charge is 0.408 e. The molecule has 8 heteroatoms. The van der Waals surface area contributed by atoms with Crippen molar-refractivity contribution in [3.63, 3.8) is 0 Å². The zero-order valence-corrected chi connectivity index (χ0v) is 17.4. The molecule has 0 unspecified atom stereocenters. The fourth-order valence-corrected chi connectivity index (χ4v) is 3.43. The van der Waals surface area contributed by atoms with Crippen molar-refractivity contribution in [2.24, 2.45) is 0 Å². The largest absolute Gasteiger partial charge is 0.460 e. The number of ether oxygens (including phenoxy) is 3. The minimum absolute atomic E-state index is 0.186. The van der Waals surface area contributed by atoms with E-state index in [9.17, 15) is 14.4 Å². The lowest BCUT2D eigenvalue weighted by Gasteiger charge is -2.46. The first-order valence-electron chi connectivity index (χ1n) is 9.16. The molecule has 28 heavy (non-hydrogen) atoms. The molecule has 0 radical (unpaired) electrons. The molecule has 0 saturated carbocycles.